The van der Waals surface area contributed by atoms with Crippen molar-refractivity contribution in [2.24, 2.45) is 23.5 Å². The van der Waals surface area contributed by atoms with E-state index in [1.807, 2.05) is 11.8 Å². The standard InChI is InChI=1S/C22H34N6O5S/c1-10-16-15(11(2)29)20(31)28(16)17(21(32)33)18(10)34-13-6-14(25-7-13)19(30)27-5-4-12(9-27)8-26(3)22(23)24/h10-16,25,29H,4-9H2,1-3H3,(H3,23,24)(H,32,33)/t10-,11-,12-,13+,14+,15-,16-/m1/s1. The molecule has 7 atom stereocenters. The number of hydrogen-bond donors (Lipinski definition) is 5. The highest BCUT2D eigenvalue weighted by Gasteiger charge is 2.60. The number of rotatable bonds is 7. The van der Waals surface area contributed by atoms with Crippen molar-refractivity contribution >= 4 is 35.5 Å². The van der Waals surface area contributed by atoms with Gasteiger partial charge in [0.25, 0.3) is 0 Å². The molecular weight excluding hydrogens is 460 g/mol. The Balaban J connectivity index is 1.37. The van der Waals surface area contributed by atoms with E-state index in [4.69, 9.17) is 11.1 Å². The number of β-lactam (4-membered cyclic amide) rings is 1. The van der Waals surface area contributed by atoms with E-state index in [0.29, 0.717) is 37.5 Å². The van der Waals surface area contributed by atoms with Gasteiger partial charge in [0.2, 0.25) is 11.8 Å². The van der Waals surface area contributed by atoms with Crippen molar-refractivity contribution in [3.8, 4) is 0 Å². The summed E-state index contributed by atoms with van der Waals surface area (Å²) in [4.78, 5) is 43.2. The molecule has 4 heterocycles. The van der Waals surface area contributed by atoms with Gasteiger partial charge in [0.05, 0.1) is 24.1 Å². The molecule has 3 fully saturated rings. The van der Waals surface area contributed by atoms with Crippen molar-refractivity contribution in [3.63, 3.8) is 0 Å². The molecule has 0 spiro atoms. The van der Waals surface area contributed by atoms with Crippen LogP contribution in [0.25, 0.3) is 0 Å². The summed E-state index contributed by atoms with van der Waals surface area (Å²) in [6.07, 6.45) is 0.626. The first-order valence-electron chi connectivity index (χ1n) is 11.7. The molecule has 0 saturated carbocycles. The minimum atomic E-state index is -1.13. The average molecular weight is 495 g/mol. The maximum atomic E-state index is 13.1. The number of thioether (sulfide) groups is 1. The molecule has 34 heavy (non-hydrogen) atoms. The predicted octanol–water partition coefficient (Wildman–Crippen LogP) is -0.722. The first kappa shape index (κ1) is 24.8. The molecule has 3 saturated heterocycles. The highest BCUT2D eigenvalue weighted by atomic mass is 32.2. The fourth-order valence-corrected chi connectivity index (χ4v) is 7.21. The van der Waals surface area contributed by atoms with Gasteiger partial charge in [-0.25, -0.2) is 4.79 Å². The van der Waals surface area contributed by atoms with Crippen molar-refractivity contribution in [2.75, 3.05) is 33.2 Å². The minimum absolute atomic E-state index is 0.0156. The Kier molecular flexibility index (Phi) is 6.85. The predicted molar refractivity (Wildman–Crippen MR) is 127 cm³/mol. The summed E-state index contributed by atoms with van der Waals surface area (Å²) in [5.41, 5.74) is 5.55. The summed E-state index contributed by atoms with van der Waals surface area (Å²) in [6, 6.07) is -0.654. The fraction of sp³-hybridized carbons (Fsp3) is 0.727. The summed E-state index contributed by atoms with van der Waals surface area (Å²) in [7, 11) is 1.77. The van der Waals surface area contributed by atoms with Crippen LogP contribution < -0.4 is 11.1 Å². The van der Waals surface area contributed by atoms with E-state index in [9.17, 15) is 24.6 Å². The Morgan fingerprint density at radius 3 is 2.74 bits per heavy atom. The molecule has 0 unspecified atom stereocenters. The van der Waals surface area contributed by atoms with Gasteiger partial charge in [-0.2, -0.15) is 0 Å². The molecule has 4 aliphatic rings. The lowest BCUT2D eigenvalue weighted by atomic mass is 9.79. The van der Waals surface area contributed by atoms with Gasteiger partial charge in [0.1, 0.15) is 5.70 Å². The van der Waals surface area contributed by atoms with Gasteiger partial charge < -0.3 is 36.0 Å². The van der Waals surface area contributed by atoms with Crippen molar-refractivity contribution in [1.82, 2.24) is 20.0 Å². The number of nitrogens with one attached hydrogen (secondary N) is 2. The van der Waals surface area contributed by atoms with E-state index in [0.717, 1.165) is 6.42 Å². The second kappa shape index (κ2) is 9.38. The van der Waals surface area contributed by atoms with E-state index in [-0.39, 0.29) is 52.6 Å². The van der Waals surface area contributed by atoms with Gasteiger partial charge in [-0.3, -0.25) is 15.0 Å². The molecule has 4 aliphatic heterocycles. The Bertz CT molecular complexity index is 925. The van der Waals surface area contributed by atoms with E-state index in [2.05, 4.69) is 5.32 Å². The van der Waals surface area contributed by atoms with Gasteiger partial charge >= 0.3 is 5.97 Å². The molecule has 6 N–H and O–H groups in total. The number of fused-ring (bicyclic) bond motifs is 1. The Labute approximate surface area is 203 Å². The summed E-state index contributed by atoms with van der Waals surface area (Å²) < 4.78 is 0. The van der Waals surface area contributed by atoms with Gasteiger partial charge in [0.15, 0.2) is 5.96 Å². The molecule has 4 rings (SSSR count). The number of carbonyl (C=O) groups is 3. The lowest BCUT2D eigenvalue weighted by molar-refractivity contribution is -0.163. The lowest BCUT2D eigenvalue weighted by Gasteiger charge is -2.46. The first-order valence-corrected chi connectivity index (χ1v) is 12.6. The lowest BCUT2D eigenvalue weighted by Crippen LogP contribution is -2.63. The molecule has 0 aromatic heterocycles. The number of hydrogen-bond acceptors (Lipinski definition) is 7. The summed E-state index contributed by atoms with van der Waals surface area (Å²) in [5.74, 6) is -1.89. The maximum absolute atomic E-state index is 13.1. The van der Waals surface area contributed by atoms with Crippen LogP contribution in [0.2, 0.25) is 0 Å². The summed E-state index contributed by atoms with van der Waals surface area (Å²) in [5, 5.41) is 30.6. The SMILES string of the molecule is C[C@@H](O)[C@H]1C(=O)N2C(C(=O)O)=C(S[C@@H]3CN[C@H](C(=O)N4CC[C@H](CN(C)C(=N)N)C4)C3)[C@H](C)[C@H]12. The van der Waals surface area contributed by atoms with Crippen LogP contribution in [-0.2, 0) is 14.4 Å². The van der Waals surface area contributed by atoms with Crippen LogP contribution in [-0.4, -0.2) is 105 Å². The molecular formula is C22H34N6O5S. The molecule has 0 aliphatic carbocycles. The molecule has 0 aromatic rings. The van der Waals surface area contributed by atoms with Crippen LogP contribution in [0.15, 0.2) is 10.6 Å². The van der Waals surface area contributed by atoms with Crippen LogP contribution in [0, 0.1) is 23.2 Å². The monoisotopic (exact) mass is 494 g/mol. The number of aliphatic hydroxyl groups excluding tert-OH is 1. The number of aliphatic carboxylic acids is 1. The summed E-state index contributed by atoms with van der Waals surface area (Å²) >= 11 is 1.44. The average Bonchev–Trinajstić information content (AvgIpc) is 3.46. The highest BCUT2D eigenvalue weighted by Crippen LogP contribution is 2.51. The number of carbonyl (C=O) groups excluding carboxylic acids is 2. The number of guanidine groups is 1. The normalized spacial score (nSPS) is 33.7. The van der Waals surface area contributed by atoms with E-state index < -0.39 is 18.0 Å². The van der Waals surface area contributed by atoms with E-state index in [1.54, 1.807) is 18.9 Å². The number of carboxylic acids is 1. The third kappa shape index (κ3) is 4.27. The van der Waals surface area contributed by atoms with Crippen molar-refractivity contribution < 1.29 is 24.6 Å². The molecule has 188 valence electrons. The van der Waals surface area contributed by atoms with Crippen molar-refractivity contribution in [1.29, 1.82) is 5.41 Å². The zero-order valence-corrected chi connectivity index (χ0v) is 20.5. The van der Waals surface area contributed by atoms with Gasteiger partial charge in [-0.15, -0.1) is 11.8 Å². The molecule has 12 heteroatoms. The Morgan fingerprint density at radius 1 is 1.41 bits per heavy atom. The number of nitrogens with two attached hydrogens (primary N) is 1. The third-order valence-corrected chi connectivity index (χ3v) is 9.05. The van der Waals surface area contributed by atoms with Crippen LogP contribution in [0.4, 0.5) is 0 Å². The van der Waals surface area contributed by atoms with Crippen LogP contribution in [0.5, 0.6) is 0 Å². The second-order valence-corrected chi connectivity index (χ2v) is 11.3. The largest absolute Gasteiger partial charge is 0.477 e. The topological polar surface area (TPSA) is 163 Å². The Morgan fingerprint density at radius 2 is 2.12 bits per heavy atom. The molecule has 2 amide bonds. The van der Waals surface area contributed by atoms with Crippen molar-refractivity contribution in [2.45, 2.75) is 50.1 Å². The van der Waals surface area contributed by atoms with Gasteiger partial charge in [-0.1, -0.05) is 6.92 Å². The number of carboxylic acid groups (broad SMARTS) is 1. The number of likely N-dealkylation sites (tertiary alicyclic amines) is 1. The first-order chi connectivity index (χ1) is 16.0. The van der Waals surface area contributed by atoms with Crippen LogP contribution in [0.3, 0.4) is 0 Å². The minimum Gasteiger partial charge on any atom is -0.477 e. The smallest absolute Gasteiger partial charge is 0.353 e. The molecule has 11 nitrogen and oxygen atoms in total. The van der Waals surface area contributed by atoms with Gasteiger partial charge in [-0.05, 0) is 25.7 Å². The number of amides is 2. The van der Waals surface area contributed by atoms with E-state index in [1.165, 1.54) is 16.7 Å². The van der Waals surface area contributed by atoms with Crippen LogP contribution in [0.1, 0.15) is 26.7 Å². The zero-order chi connectivity index (χ0) is 24.9. The highest BCUT2D eigenvalue weighted by molar-refractivity contribution is 8.03. The maximum Gasteiger partial charge on any atom is 0.353 e. The van der Waals surface area contributed by atoms with Crippen LogP contribution >= 0.6 is 11.8 Å². The second-order valence-electron chi connectivity index (χ2n) is 9.91. The third-order valence-electron chi connectivity index (χ3n) is 7.53. The summed E-state index contributed by atoms with van der Waals surface area (Å²) in [6.45, 7) is 6.01. The number of aliphatic hydroxyl groups is 1. The quantitative estimate of drug-likeness (QED) is 0.174. The van der Waals surface area contributed by atoms with E-state index >= 15 is 0 Å². The molecule has 0 aromatic carbocycles. The van der Waals surface area contributed by atoms with Crippen molar-refractivity contribution in [3.05, 3.63) is 10.6 Å². The fourth-order valence-electron chi connectivity index (χ4n) is 5.73. The molecule has 0 bridgehead atoms. The Hall–Kier alpha value is -2.31. The van der Waals surface area contributed by atoms with Gasteiger partial charge in [0, 0.05) is 49.3 Å². The number of nitrogens with zero attached hydrogens (tertiary/aromatic N) is 3. The zero-order valence-electron chi connectivity index (χ0n) is 19.7. The molecule has 0 radical (unpaired) electrons.